The summed E-state index contributed by atoms with van der Waals surface area (Å²) in [5.74, 6) is -1.75. The number of benzene rings is 1. The Balaban J connectivity index is 1.83. The number of hydrogen-bond acceptors (Lipinski definition) is 5. The van der Waals surface area contributed by atoms with Crippen LogP contribution in [0.3, 0.4) is 0 Å². The number of hydrogen-bond donors (Lipinski definition) is 1. The van der Waals surface area contributed by atoms with E-state index in [1.54, 1.807) is 18.2 Å². The monoisotopic (exact) mass is 386 g/mol. The molecule has 1 amide bonds. The molecule has 1 N–H and O–H groups in total. The van der Waals surface area contributed by atoms with E-state index >= 15 is 0 Å². The molecule has 1 aromatic rings. The Morgan fingerprint density at radius 2 is 2.00 bits per heavy atom. The van der Waals surface area contributed by atoms with E-state index in [-0.39, 0.29) is 22.9 Å². The molecule has 2 aliphatic rings. The third-order valence-electron chi connectivity index (χ3n) is 4.94. The number of methoxy groups -OCH3 is 1. The lowest BCUT2D eigenvalue weighted by Crippen LogP contribution is -2.61. The van der Waals surface area contributed by atoms with Gasteiger partial charge in [0.2, 0.25) is 0 Å². The second kappa shape index (κ2) is 7.38. The highest BCUT2D eigenvalue weighted by Gasteiger charge is 2.68. The van der Waals surface area contributed by atoms with Gasteiger partial charge in [-0.3, -0.25) is 4.79 Å². The third kappa shape index (κ3) is 3.47. The van der Waals surface area contributed by atoms with Crippen LogP contribution in [0.2, 0.25) is 0 Å². The van der Waals surface area contributed by atoms with Crippen LogP contribution in [0.1, 0.15) is 32.1 Å². The summed E-state index contributed by atoms with van der Waals surface area (Å²) in [4.78, 5) is 12.5. The van der Waals surface area contributed by atoms with Crippen molar-refractivity contribution in [3.8, 4) is 11.5 Å². The molecule has 2 atom stereocenters. The molecule has 0 aromatic heterocycles. The standard InChI is InChI=1S/C18H21F3N2O4/c1-26-14-9-5-6-10-15(14)27-11-16(24)23-17(25,18(19,20)21)12-7-3-2-4-8-13(12)22-23/h5-6,9-10,12,25H,2-4,7-8,11H2,1H3. The van der Waals surface area contributed by atoms with Gasteiger partial charge in [0, 0.05) is 5.71 Å². The molecule has 1 saturated carbocycles. The number of alkyl halides is 3. The fraction of sp³-hybridized carbons (Fsp3) is 0.556. The van der Waals surface area contributed by atoms with Crippen LogP contribution in [0.4, 0.5) is 13.2 Å². The van der Waals surface area contributed by atoms with E-state index in [0.717, 1.165) is 6.42 Å². The summed E-state index contributed by atoms with van der Waals surface area (Å²) in [7, 11) is 1.41. The van der Waals surface area contributed by atoms with Gasteiger partial charge in [0.1, 0.15) is 0 Å². The van der Waals surface area contributed by atoms with Crippen LogP contribution in [-0.2, 0) is 4.79 Å². The van der Waals surface area contributed by atoms with E-state index in [2.05, 4.69) is 5.10 Å². The molecule has 1 aliphatic carbocycles. The van der Waals surface area contributed by atoms with Crippen LogP contribution in [0.5, 0.6) is 11.5 Å². The number of ether oxygens (including phenoxy) is 2. The van der Waals surface area contributed by atoms with Crippen molar-refractivity contribution >= 4 is 11.6 Å². The fourth-order valence-electron chi connectivity index (χ4n) is 3.58. The van der Waals surface area contributed by atoms with E-state index < -0.39 is 30.3 Å². The number of nitrogens with zero attached hydrogens (tertiary/aromatic N) is 2. The smallest absolute Gasteiger partial charge is 0.439 e. The zero-order chi connectivity index (χ0) is 19.7. The Labute approximate surface area is 154 Å². The molecule has 3 rings (SSSR count). The molecule has 1 aliphatic heterocycles. The van der Waals surface area contributed by atoms with E-state index in [0.29, 0.717) is 25.0 Å². The summed E-state index contributed by atoms with van der Waals surface area (Å²) >= 11 is 0. The molecule has 0 radical (unpaired) electrons. The summed E-state index contributed by atoms with van der Waals surface area (Å²) in [5, 5.41) is 14.6. The Kier molecular flexibility index (Phi) is 5.32. The van der Waals surface area contributed by atoms with Gasteiger partial charge in [-0.15, -0.1) is 0 Å². The van der Waals surface area contributed by atoms with Crippen LogP contribution < -0.4 is 9.47 Å². The summed E-state index contributed by atoms with van der Waals surface area (Å²) in [6, 6.07) is 6.46. The largest absolute Gasteiger partial charge is 0.493 e. The van der Waals surface area contributed by atoms with E-state index in [1.807, 2.05) is 0 Å². The maximum absolute atomic E-state index is 13.8. The first-order valence-electron chi connectivity index (χ1n) is 8.74. The third-order valence-corrected chi connectivity index (χ3v) is 4.94. The number of carbonyl (C=O) groups is 1. The molecule has 0 spiro atoms. The number of carbonyl (C=O) groups excluding carboxylic acids is 1. The van der Waals surface area contributed by atoms with Crippen molar-refractivity contribution in [2.24, 2.45) is 11.0 Å². The Morgan fingerprint density at radius 1 is 1.30 bits per heavy atom. The minimum absolute atomic E-state index is 0.131. The van der Waals surface area contributed by atoms with Crippen molar-refractivity contribution in [1.82, 2.24) is 5.01 Å². The lowest BCUT2D eigenvalue weighted by molar-refractivity contribution is -0.317. The van der Waals surface area contributed by atoms with Crippen LogP contribution in [0.15, 0.2) is 29.4 Å². The second-order valence-corrected chi connectivity index (χ2v) is 6.61. The molecule has 1 fully saturated rings. The fourth-order valence-corrected chi connectivity index (χ4v) is 3.58. The lowest BCUT2D eigenvalue weighted by Gasteiger charge is -2.37. The first-order chi connectivity index (χ1) is 12.8. The van der Waals surface area contributed by atoms with Crippen LogP contribution >= 0.6 is 0 Å². The van der Waals surface area contributed by atoms with Gasteiger partial charge in [-0.1, -0.05) is 25.0 Å². The van der Waals surface area contributed by atoms with Crippen LogP contribution in [-0.4, -0.2) is 47.4 Å². The molecule has 1 heterocycles. The van der Waals surface area contributed by atoms with Crippen molar-refractivity contribution in [2.45, 2.75) is 44.0 Å². The highest BCUT2D eigenvalue weighted by atomic mass is 19.4. The number of rotatable bonds is 4. The summed E-state index contributed by atoms with van der Waals surface area (Å²) < 4.78 is 51.7. The Hall–Kier alpha value is -2.29. The molecular formula is C18H21F3N2O4. The molecule has 1 aromatic carbocycles. The van der Waals surface area contributed by atoms with Gasteiger partial charge in [0.25, 0.3) is 11.6 Å². The summed E-state index contributed by atoms with van der Waals surface area (Å²) in [6.07, 6.45) is -2.57. The van der Waals surface area contributed by atoms with Gasteiger partial charge in [-0.25, -0.2) is 0 Å². The van der Waals surface area contributed by atoms with E-state index in [4.69, 9.17) is 9.47 Å². The SMILES string of the molecule is COc1ccccc1OCC(=O)N1N=C2CCCCCC2C1(O)C(F)(F)F. The zero-order valence-corrected chi connectivity index (χ0v) is 14.8. The topological polar surface area (TPSA) is 71.4 Å². The van der Waals surface area contributed by atoms with Crippen molar-refractivity contribution < 1.29 is 32.5 Å². The minimum atomic E-state index is -5.03. The van der Waals surface area contributed by atoms with Crippen molar-refractivity contribution in [2.75, 3.05) is 13.7 Å². The molecule has 6 nitrogen and oxygen atoms in total. The molecular weight excluding hydrogens is 365 g/mol. The Morgan fingerprint density at radius 3 is 2.67 bits per heavy atom. The molecule has 2 unspecified atom stereocenters. The first-order valence-corrected chi connectivity index (χ1v) is 8.74. The number of para-hydroxylation sites is 2. The number of hydrazone groups is 1. The zero-order valence-electron chi connectivity index (χ0n) is 14.8. The van der Waals surface area contributed by atoms with Gasteiger partial charge in [0.05, 0.1) is 13.0 Å². The highest BCUT2D eigenvalue weighted by molar-refractivity contribution is 5.93. The average molecular weight is 386 g/mol. The molecule has 27 heavy (non-hydrogen) atoms. The van der Waals surface area contributed by atoms with Gasteiger partial charge in [-0.2, -0.15) is 23.3 Å². The Bertz CT molecular complexity index is 738. The molecule has 148 valence electrons. The molecule has 0 bridgehead atoms. The highest BCUT2D eigenvalue weighted by Crippen LogP contribution is 2.47. The van der Waals surface area contributed by atoms with Crippen molar-refractivity contribution in [3.05, 3.63) is 24.3 Å². The van der Waals surface area contributed by atoms with E-state index in [1.165, 1.54) is 13.2 Å². The second-order valence-electron chi connectivity index (χ2n) is 6.61. The molecule has 9 heteroatoms. The lowest BCUT2D eigenvalue weighted by atomic mass is 9.87. The number of aliphatic hydroxyl groups is 1. The predicted molar refractivity (Wildman–Crippen MR) is 90.3 cm³/mol. The number of fused-ring (bicyclic) bond motifs is 1. The van der Waals surface area contributed by atoms with Crippen molar-refractivity contribution in [3.63, 3.8) is 0 Å². The van der Waals surface area contributed by atoms with Crippen molar-refractivity contribution in [1.29, 1.82) is 0 Å². The number of halogens is 3. The summed E-state index contributed by atoms with van der Waals surface area (Å²) in [6.45, 7) is -0.706. The number of amides is 1. The summed E-state index contributed by atoms with van der Waals surface area (Å²) in [5.41, 5.74) is -3.12. The van der Waals surface area contributed by atoms with Gasteiger partial charge in [0.15, 0.2) is 18.1 Å². The van der Waals surface area contributed by atoms with Crippen LogP contribution in [0, 0.1) is 5.92 Å². The average Bonchev–Trinajstić information content (AvgIpc) is 2.79. The van der Waals surface area contributed by atoms with Gasteiger partial charge >= 0.3 is 6.18 Å². The first kappa shape index (κ1) is 19.5. The normalized spacial score (nSPS) is 25.4. The quantitative estimate of drug-likeness (QED) is 0.863. The van der Waals surface area contributed by atoms with Crippen LogP contribution in [0.25, 0.3) is 0 Å². The maximum Gasteiger partial charge on any atom is 0.439 e. The maximum atomic E-state index is 13.8. The minimum Gasteiger partial charge on any atom is -0.493 e. The van der Waals surface area contributed by atoms with E-state index in [9.17, 15) is 23.1 Å². The molecule has 0 saturated heterocycles. The predicted octanol–water partition coefficient (Wildman–Crippen LogP) is 3.10. The van der Waals surface area contributed by atoms with Gasteiger partial charge in [-0.05, 0) is 31.4 Å². The van der Waals surface area contributed by atoms with Gasteiger partial charge < -0.3 is 14.6 Å².